The maximum Gasteiger partial charge on any atom is 0.247 e. The topological polar surface area (TPSA) is 77.6 Å². The van der Waals surface area contributed by atoms with Gasteiger partial charge in [0.15, 0.2) is 11.5 Å². The van der Waals surface area contributed by atoms with Gasteiger partial charge in [0.05, 0.1) is 12.2 Å². The van der Waals surface area contributed by atoms with Crippen LogP contribution in [0.25, 0.3) is 22.2 Å². The summed E-state index contributed by atoms with van der Waals surface area (Å²) < 4.78 is 30.4. The van der Waals surface area contributed by atoms with Gasteiger partial charge in [-0.1, -0.05) is 29.8 Å². The third-order valence-corrected chi connectivity index (χ3v) is 5.90. The lowest BCUT2D eigenvalue weighted by Gasteiger charge is -2.07. The molecule has 0 atom stereocenters. The molecule has 0 spiro atoms. The number of rotatable bonds is 6. The minimum atomic E-state index is -0.424. The van der Waals surface area contributed by atoms with Crippen molar-refractivity contribution in [2.75, 3.05) is 5.32 Å². The number of aromatic nitrogens is 5. The Bertz CT molecular complexity index is 1520. The molecule has 0 aliphatic rings. The predicted octanol–water partition coefficient (Wildman–Crippen LogP) is 5.22. The first-order valence-electron chi connectivity index (χ1n) is 10.7. The summed E-state index contributed by atoms with van der Waals surface area (Å²) in [5.41, 5.74) is 3.23. The molecule has 1 N–H and O–H groups in total. The molecule has 2 aromatic carbocycles. The molecular formula is C25H19ClF2N6O. The molecular weight excluding hydrogens is 474 g/mol. The van der Waals surface area contributed by atoms with Crippen molar-refractivity contribution in [1.29, 1.82) is 0 Å². The minimum absolute atomic E-state index is 0.0871. The van der Waals surface area contributed by atoms with Gasteiger partial charge in [0, 0.05) is 34.4 Å². The summed E-state index contributed by atoms with van der Waals surface area (Å²) in [5, 5.41) is 12.6. The molecule has 0 aliphatic heterocycles. The van der Waals surface area contributed by atoms with Gasteiger partial charge < -0.3 is 5.32 Å². The van der Waals surface area contributed by atoms with Gasteiger partial charge in [0.2, 0.25) is 5.91 Å². The summed E-state index contributed by atoms with van der Waals surface area (Å²) in [4.78, 5) is 17.1. The maximum atomic E-state index is 14.1. The van der Waals surface area contributed by atoms with Crippen LogP contribution in [0, 0.1) is 18.6 Å². The molecule has 7 nitrogen and oxygen atoms in total. The lowest BCUT2D eigenvalue weighted by Crippen LogP contribution is -2.20. The highest BCUT2D eigenvalue weighted by atomic mass is 35.5. The van der Waals surface area contributed by atoms with Gasteiger partial charge in [-0.3, -0.25) is 9.48 Å². The molecule has 3 heterocycles. The molecule has 0 aliphatic carbocycles. The van der Waals surface area contributed by atoms with Crippen molar-refractivity contribution in [1.82, 2.24) is 24.5 Å². The maximum absolute atomic E-state index is 14.1. The normalized spacial score (nSPS) is 11.2. The molecule has 0 bridgehead atoms. The number of pyridine rings is 1. The monoisotopic (exact) mass is 492 g/mol. The number of nitrogens with one attached hydrogen (secondary N) is 1. The van der Waals surface area contributed by atoms with Crippen LogP contribution in [-0.2, 0) is 17.9 Å². The summed E-state index contributed by atoms with van der Waals surface area (Å²) in [6.07, 6.45) is 3.26. The van der Waals surface area contributed by atoms with Crippen molar-refractivity contribution in [3.63, 3.8) is 0 Å². The average molecular weight is 493 g/mol. The number of carbonyl (C=O) groups is 1. The van der Waals surface area contributed by atoms with Crippen LogP contribution in [0.1, 0.15) is 11.3 Å². The molecule has 0 radical (unpaired) electrons. The SMILES string of the molecule is Cc1nn(CC(=O)Nc2ccn(Cc3c(F)cccc3Cl)n2)c2nccc(-c3ccc(F)cc3)c12. The van der Waals surface area contributed by atoms with Gasteiger partial charge in [-0.05, 0) is 48.4 Å². The summed E-state index contributed by atoms with van der Waals surface area (Å²) in [7, 11) is 0. The van der Waals surface area contributed by atoms with Crippen LogP contribution in [-0.4, -0.2) is 30.5 Å². The van der Waals surface area contributed by atoms with E-state index in [1.54, 1.807) is 36.7 Å². The molecule has 0 unspecified atom stereocenters. The number of fused-ring (bicyclic) bond motifs is 1. The Balaban J connectivity index is 1.34. The molecule has 0 fully saturated rings. The first-order chi connectivity index (χ1) is 16.9. The number of hydrogen-bond acceptors (Lipinski definition) is 4. The summed E-state index contributed by atoms with van der Waals surface area (Å²) in [5.74, 6) is -0.775. The number of nitrogens with zero attached hydrogens (tertiary/aromatic N) is 5. The standard InChI is InChI=1S/C25H19ClF2N6O/c1-15-24-18(16-5-7-17(27)8-6-16)9-11-29-25(24)34(31-15)14-23(35)30-22-10-12-33(32-22)13-19-20(26)3-2-4-21(19)28/h2-12H,13-14H2,1H3,(H,30,32,35). The van der Waals surface area contributed by atoms with Crippen LogP contribution in [0.2, 0.25) is 5.02 Å². The van der Waals surface area contributed by atoms with E-state index in [4.69, 9.17) is 11.6 Å². The molecule has 0 saturated heterocycles. The van der Waals surface area contributed by atoms with E-state index in [0.29, 0.717) is 27.7 Å². The summed E-state index contributed by atoms with van der Waals surface area (Å²) in [6, 6.07) is 14.1. The van der Waals surface area contributed by atoms with Crippen molar-refractivity contribution in [2.45, 2.75) is 20.0 Å². The number of amides is 1. The van der Waals surface area contributed by atoms with Crippen molar-refractivity contribution < 1.29 is 13.6 Å². The van der Waals surface area contributed by atoms with Crippen LogP contribution < -0.4 is 5.32 Å². The van der Waals surface area contributed by atoms with Gasteiger partial charge >= 0.3 is 0 Å². The van der Waals surface area contributed by atoms with Gasteiger partial charge in [-0.2, -0.15) is 10.2 Å². The first-order valence-corrected chi connectivity index (χ1v) is 11.1. The number of carbonyl (C=O) groups excluding carboxylic acids is 1. The molecule has 1 amide bonds. The number of benzene rings is 2. The smallest absolute Gasteiger partial charge is 0.247 e. The minimum Gasteiger partial charge on any atom is -0.308 e. The van der Waals surface area contributed by atoms with Crippen LogP contribution in [0.3, 0.4) is 0 Å². The van der Waals surface area contributed by atoms with Gasteiger partial charge in [0.1, 0.15) is 18.2 Å². The molecule has 10 heteroatoms. The second kappa shape index (κ2) is 9.27. The Labute approximate surface area is 204 Å². The van der Waals surface area contributed by atoms with Crippen molar-refractivity contribution in [2.24, 2.45) is 0 Å². The third kappa shape index (κ3) is 4.63. The second-order valence-electron chi connectivity index (χ2n) is 7.95. The highest BCUT2D eigenvalue weighted by Crippen LogP contribution is 2.30. The summed E-state index contributed by atoms with van der Waals surface area (Å²) in [6.45, 7) is 1.87. The van der Waals surface area contributed by atoms with E-state index in [-0.39, 0.29) is 24.8 Å². The van der Waals surface area contributed by atoms with E-state index < -0.39 is 5.82 Å². The highest BCUT2D eigenvalue weighted by Gasteiger charge is 2.17. The quantitative estimate of drug-likeness (QED) is 0.352. The van der Waals surface area contributed by atoms with Gasteiger partial charge in [-0.25, -0.2) is 18.4 Å². The zero-order valence-electron chi connectivity index (χ0n) is 18.5. The number of halogens is 3. The summed E-state index contributed by atoms with van der Waals surface area (Å²) >= 11 is 6.08. The Hall–Kier alpha value is -4.11. The van der Waals surface area contributed by atoms with E-state index in [1.807, 2.05) is 13.0 Å². The molecule has 5 aromatic rings. The largest absolute Gasteiger partial charge is 0.308 e. The Morgan fingerprint density at radius 3 is 2.63 bits per heavy atom. The van der Waals surface area contributed by atoms with Crippen molar-refractivity contribution in [3.8, 4) is 11.1 Å². The Morgan fingerprint density at radius 2 is 1.86 bits per heavy atom. The lowest BCUT2D eigenvalue weighted by atomic mass is 10.0. The third-order valence-electron chi connectivity index (χ3n) is 5.55. The Morgan fingerprint density at radius 1 is 1.06 bits per heavy atom. The molecule has 0 saturated carbocycles. The molecule has 3 aromatic heterocycles. The number of anilines is 1. The van der Waals surface area contributed by atoms with Crippen LogP contribution in [0.5, 0.6) is 0 Å². The van der Waals surface area contributed by atoms with Crippen molar-refractivity contribution >= 4 is 34.4 Å². The van der Waals surface area contributed by atoms with E-state index in [9.17, 15) is 13.6 Å². The van der Waals surface area contributed by atoms with Crippen molar-refractivity contribution in [3.05, 3.63) is 94.9 Å². The first kappa shape index (κ1) is 22.7. The van der Waals surface area contributed by atoms with Gasteiger partial charge in [-0.15, -0.1) is 0 Å². The Kier molecular flexibility index (Phi) is 6.00. The van der Waals surface area contributed by atoms with E-state index in [1.165, 1.54) is 33.6 Å². The number of aryl methyl sites for hydroxylation is 1. The average Bonchev–Trinajstić information content (AvgIpc) is 3.40. The fraction of sp³-hybridized carbons (Fsp3) is 0.120. The fourth-order valence-electron chi connectivity index (χ4n) is 3.94. The molecule has 35 heavy (non-hydrogen) atoms. The molecule has 176 valence electrons. The second-order valence-corrected chi connectivity index (χ2v) is 8.36. The molecule has 5 rings (SSSR count). The van der Waals surface area contributed by atoms with Gasteiger partial charge in [0.25, 0.3) is 0 Å². The van der Waals surface area contributed by atoms with E-state index in [2.05, 4.69) is 20.5 Å². The zero-order valence-corrected chi connectivity index (χ0v) is 19.3. The van der Waals surface area contributed by atoms with E-state index in [0.717, 1.165) is 16.5 Å². The number of hydrogen-bond donors (Lipinski definition) is 1. The zero-order chi connectivity index (χ0) is 24.5. The predicted molar refractivity (Wildman–Crippen MR) is 129 cm³/mol. The highest BCUT2D eigenvalue weighted by molar-refractivity contribution is 6.31. The fourth-order valence-corrected chi connectivity index (χ4v) is 4.16. The van der Waals surface area contributed by atoms with Crippen LogP contribution in [0.4, 0.5) is 14.6 Å². The lowest BCUT2D eigenvalue weighted by molar-refractivity contribution is -0.116. The van der Waals surface area contributed by atoms with Crippen LogP contribution in [0.15, 0.2) is 67.0 Å². The van der Waals surface area contributed by atoms with Crippen LogP contribution >= 0.6 is 11.6 Å². The van der Waals surface area contributed by atoms with E-state index >= 15 is 0 Å².